The van der Waals surface area contributed by atoms with Gasteiger partial charge in [0.15, 0.2) is 0 Å². The van der Waals surface area contributed by atoms with Crippen LogP contribution in [0.15, 0.2) is 30.3 Å². The van der Waals surface area contributed by atoms with Crippen LogP contribution in [0.1, 0.15) is 5.56 Å². The molecule has 2 radical (unpaired) electrons. The van der Waals surface area contributed by atoms with Gasteiger partial charge in [0.25, 0.3) is 0 Å². The van der Waals surface area contributed by atoms with E-state index in [2.05, 4.69) is 36.1 Å². The normalized spacial score (nSPS) is 7.92. The van der Waals surface area contributed by atoms with Crippen molar-refractivity contribution in [2.45, 2.75) is 6.42 Å². The third-order valence-electron chi connectivity index (χ3n) is 1.28. The van der Waals surface area contributed by atoms with E-state index in [4.69, 9.17) is 5.73 Å². The van der Waals surface area contributed by atoms with Crippen molar-refractivity contribution in [3.05, 3.63) is 35.9 Å². The van der Waals surface area contributed by atoms with Crippen molar-refractivity contribution in [2.24, 2.45) is 5.73 Å². The fourth-order valence-electron chi connectivity index (χ4n) is 0.811. The molecule has 1 aromatic carbocycles. The van der Waals surface area contributed by atoms with Crippen LogP contribution in [0.25, 0.3) is 0 Å². The van der Waals surface area contributed by atoms with Crippen molar-refractivity contribution < 1.29 is 0 Å². The van der Waals surface area contributed by atoms with Gasteiger partial charge in [-0.05, 0) is 18.5 Å². The standard InChI is InChI=1S/C8H11N.2BrH.Cs.Pb.H/c9-7-6-8-4-2-1-3-5-8;;;;;/h1-5H,6-7,9H2;2*1H;;;/q;;;;+2;/p-2. The first-order valence-corrected chi connectivity index (χ1v) is 20.4. The van der Waals surface area contributed by atoms with Crippen molar-refractivity contribution in [1.82, 2.24) is 0 Å². The molecule has 0 spiro atoms. The Kier molecular flexibility index (Phi) is 21.5. The molecule has 1 nitrogen and oxygen atoms in total. The third-order valence-corrected chi connectivity index (χ3v) is 1.28. The molecule has 0 atom stereocenters. The molecule has 0 saturated heterocycles. The molecular weight excluding hydrogens is 610 g/mol. The molecule has 0 saturated carbocycles. The second-order valence-corrected chi connectivity index (χ2v) is 18.9. The molecule has 0 bridgehead atoms. The molecule has 0 aliphatic carbocycles. The maximum absolute atomic E-state index is 5.36. The zero-order valence-corrected chi connectivity index (χ0v) is 13.7. The molecule has 0 unspecified atom stereocenters. The Morgan fingerprint density at radius 3 is 2.00 bits per heavy atom. The Bertz CT molecular complexity index is 187. The average Bonchev–Trinajstić information content (AvgIpc) is 2.08. The van der Waals surface area contributed by atoms with Crippen molar-refractivity contribution in [3.8, 4) is 0 Å². The van der Waals surface area contributed by atoms with Gasteiger partial charge in [0, 0.05) is 0 Å². The summed E-state index contributed by atoms with van der Waals surface area (Å²) in [5.41, 5.74) is 6.68. The first-order valence-electron chi connectivity index (χ1n) is 3.55. The van der Waals surface area contributed by atoms with Gasteiger partial charge in [-0.2, -0.15) is 0 Å². The quantitative estimate of drug-likeness (QED) is 0.502. The Labute approximate surface area is 162 Å². The van der Waals surface area contributed by atoms with Gasteiger partial charge in [0.2, 0.25) is 0 Å². The first kappa shape index (κ1) is 18.5. The zero-order chi connectivity index (χ0) is 9.23. The van der Waals surface area contributed by atoms with Gasteiger partial charge in [-0.25, -0.2) is 0 Å². The van der Waals surface area contributed by atoms with Crippen LogP contribution in [-0.4, -0.2) is 94.9 Å². The van der Waals surface area contributed by atoms with Crippen LogP contribution in [0.4, 0.5) is 0 Å². The predicted molar refractivity (Wildman–Crippen MR) is 70.0 cm³/mol. The van der Waals surface area contributed by atoms with E-state index >= 15 is 0 Å². The van der Waals surface area contributed by atoms with Crippen LogP contribution >= 0.6 is 24.0 Å². The summed E-state index contributed by atoms with van der Waals surface area (Å²) in [5.74, 6) is 0. The second-order valence-electron chi connectivity index (χ2n) is 2.10. The summed E-state index contributed by atoms with van der Waals surface area (Å²) >= 11 is 6.22. The van der Waals surface area contributed by atoms with Gasteiger partial charge in [0.1, 0.15) is 0 Å². The summed E-state index contributed by atoms with van der Waals surface area (Å²) in [5, 5.41) is 0. The van der Waals surface area contributed by atoms with E-state index in [0.717, 1.165) is 13.0 Å². The minimum atomic E-state index is -0.292. The van der Waals surface area contributed by atoms with Gasteiger partial charge in [-0.3, -0.25) is 0 Å². The Hall–Kier alpha value is 3.11. The van der Waals surface area contributed by atoms with Crippen molar-refractivity contribution in [1.29, 1.82) is 0 Å². The zero-order valence-electron chi connectivity index (χ0n) is 6.63. The molecular formula is C8H12Br2CsNPb. The molecule has 0 fully saturated rings. The predicted octanol–water partition coefficient (Wildman–Crippen LogP) is 1.85. The van der Waals surface area contributed by atoms with Crippen LogP contribution in [0.5, 0.6) is 0 Å². The fourth-order valence-corrected chi connectivity index (χ4v) is 0.811. The molecule has 68 valence electrons. The molecule has 0 aliphatic heterocycles. The molecule has 0 heterocycles. The number of halogens is 2. The summed E-state index contributed by atoms with van der Waals surface area (Å²) in [6.07, 6.45) is 0.987. The van der Waals surface area contributed by atoms with Crippen molar-refractivity contribution >= 4 is 112 Å². The van der Waals surface area contributed by atoms with Gasteiger partial charge in [-0.1, -0.05) is 30.3 Å². The molecule has 2 N–H and O–H groups in total. The van der Waals surface area contributed by atoms with Gasteiger partial charge in [-0.15, -0.1) is 0 Å². The summed E-state index contributed by atoms with van der Waals surface area (Å²) in [7, 11) is 0. The first-order chi connectivity index (χ1) is 5.85. The number of nitrogens with two attached hydrogens (primary N) is 1. The number of hydrogen-bond donors (Lipinski definition) is 1. The van der Waals surface area contributed by atoms with E-state index in [-0.39, 0.29) is 88.3 Å². The minimum absolute atomic E-state index is 0. The SMILES string of the molecule is NCCc1ccccc1.[Br][Pb][Br].[CsH]. The van der Waals surface area contributed by atoms with E-state index in [1.54, 1.807) is 0 Å². The number of rotatable bonds is 2. The monoisotopic (exact) mass is 621 g/mol. The Morgan fingerprint density at radius 1 is 1.15 bits per heavy atom. The Balaban J connectivity index is 0. The molecule has 0 aromatic heterocycles. The summed E-state index contributed by atoms with van der Waals surface area (Å²) in [6, 6.07) is 10.3. The van der Waals surface area contributed by atoms with Crippen molar-refractivity contribution in [2.75, 3.05) is 6.54 Å². The topological polar surface area (TPSA) is 26.0 Å². The van der Waals surface area contributed by atoms with Gasteiger partial charge in [0.05, 0.1) is 0 Å². The Morgan fingerprint density at radius 2 is 1.62 bits per heavy atom. The van der Waals surface area contributed by atoms with E-state index in [1.165, 1.54) is 5.56 Å². The third kappa shape index (κ3) is 13.0. The molecule has 5 heteroatoms. The fraction of sp³-hybridized carbons (Fsp3) is 0.250. The molecule has 0 aliphatic rings. The molecule has 13 heavy (non-hydrogen) atoms. The maximum atomic E-state index is 5.36. The van der Waals surface area contributed by atoms with Crippen LogP contribution in [0, 0.1) is 0 Å². The van der Waals surface area contributed by atoms with E-state index in [0.29, 0.717) is 0 Å². The number of benzene rings is 1. The second kappa shape index (κ2) is 15.1. The molecule has 0 amide bonds. The van der Waals surface area contributed by atoms with Gasteiger partial charge >= 0.3 is 112 Å². The van der Waals surface area contributed by atoms with Crippen molar-refractivity contribution in [3.63, 3.8) is 0 Å². The van der Waals surface area contributed by atoms with Crippen LogP contribution in [-0.2, 0) is 6.42 Å². The molecule has 1 aromatic rings. The molecule has 1 rings (SSSR count). The summed E-state index contributed by atoms with van der Waals surface area (Å²) in [6.45, 7) is 0.740. The average molecular weight is 622 g/mol. The van der Waals surface area contributed by atoms with E-state index in [9.17, 15) is 0 Å². The van der Waals surface area contributed by atoms with Crippen LogP contribution < -0.4 is 5.73 Å². The number of hydrogen-bond acceptors (Lipinski definition) is 1. The van der Waals surface area contributed by atoms with Gasteiger partial charge < -0.3 is 5.73 Å². The summed E-state index contributed by atoms with van der Waals surface area (Å²) < 4.78 is 0. The van der Waals surface area contributed by atoms with E-state index < -0.39 is 0 Å². The summed E-state index contributed by atoms with van der Waals surface area (Å²) in [4.78, 5) is 0. The van der Waals surface area contributed by atoms with Crippen LogP contribution in [0.2, 0.25) is 0 Å². The van der Waals surface area contributed by atoms with E-state index in [1.807, 2.05) is 18.2 Å². The van der Waals surface area contributed by atoms with Crippen LogP contribution in [0.3, 0.4) is 0 Å².